The number of fused-ring (bicyclic) bond motifs is 2. The molecule has 12 atom stereocenters. The zero-order valence-corrected chi connectivity index (χ0v) is 26.7. The van der Waals surface area contributed by atoms with Gasteiger partial charge in [0.15, 0.2) is 11.9 Å². The molecule has 4 fully saturated rings. The van der Waals surface area contributed by atoms with Crippen LogP contribution in [0.25, 0.3) is 10.4 Å². The fourth-order valence-corrected chi connectivity index (χ4v) is 11.7. The second kappa shape index (κ2) is 10.1. The molecule has 0 N–H and O–H groups in total. The second-order valence-electron chi connectivity index (χ2n) is 15.2. The average molecular weight is 594 g/mol. The van der Waals surface area contributed by atoms with Gasteiger partial charge in [0.2, 0.25) is 0 Å². The minimum Gasteiger partial charge on any atom is -0.493 e. The quantitative estimate of drug-likeness (QED) is 0.139. The number of hydrogen-bond donors (Lipinski definition) is 0. The summed E-state index contributed by atoms with van der Waals surface area (Å²) in [6.07, 6.45) is 9.23. The topological polar surface area (TPSA) is 128 Å². The van der Waals surface area contributed by atoms with E-state index in [-0.39, 0.29) is 69.7 Å². The van der Waals surface area contributed by atoms with Gasteiger partial charge in [-0.2, -0.15) is 0 Å². The fourth-order valence-electron chi connectivity index (χ4n) is 11.7. The van der Waals surface area contributed by atoms with Gasteiger partial charge < -0.3 is 14.2 Å². The normalized spacial score (nSPS) is 45.4. The number of nitrogens with zero attached hydrogens (tertiary/aromatic N) is 3. The molecule has 234 valence electrons. The summed E-state index contributed by atoms with van der Waals surface area (Å²) in [5, 5.41) is 3.82. The molecule has 6 aliphatic rings. The third-order valence-electron chi connectivity index (χ3n) is 13.6. The zero-order valence-electron chi connectivity index (χ0n) is 26.7. The molecule has 0 aromatic rings. The van der Waals surface area contributed by atoms with Crippen LogP contribution in [0.5, 0.6) is 0 Å². The van der Waals surface area contributed by atoms with Gasteiger partial charge in [-0.15, -0.1) is 0 Å². The minimum absolute atomic E-state index is 0.0352. The Bertz CT molecular complexity index is 1350. The summed E-state index contributed by atoms with van der Waals surface area (Å²) in [5.74, 6) is 0.821. The van der Waals surface area contributed by atoms with E-state index in [0.29, 0.717) is 24.2 Å². The van der Waals surface area contributed by atoms with Gasteiger partial charge in [0.05, 0.1) is 13.2 Å². The summed E-state index contributed by atoms with van der Waals surface area (Å²) in [7, 11) is 0. The summed E-state index contributed by atoms with van der Waals surface area (Å²) < 4.78 is 18.5. The van der Waals surface area contributed by atoms with Crippen LogP contribution in [0, 0.1) is 57.2 Å². The summed E-state index contributed by atoms with van der Waals surface area (Å²) in [6.45, 7) is 14.5. The van der Waals surface area contributed by atoms with Gasteiger partial charge in [0, 0.05) is 42.4 Å². The Balaban J connectivity index is 1.41. The van der Waals surface area contributed by atoms with Gasteiger partial charge in [-0.1, -0.05) is 45.8 Å². The van der Waals surface area contributed by atoms with E-state index in [1.54, 1.807) is 0 Å². The monoisotopic (exact) mass is 593 g/mol. The number of hydrogen-bond acceptors (Lipinski definition) is 7. The molecule has 5 aliphatic carbocycles. The third kappa shape index (κ3) is 4.09. The Hall–Kier alpha value is -2.80. The first-order valence-electron chi connectivity index (χ1n) is 16.2. The van der Waals surface area contributed by atoms with E-state index in [1.165, 1.54) is 13.8 Å². The molecule has 0 aromatic heterocycles. The lowest BCUT2D eigenvalue weighted by atomic mass is 9.43. The molecule has 0 aromatic carbocycles. The highest BCUT2D eigenvalue weighted by molar-refractivity contribution is 5.93. The van der Waals surface area contributed by atoms with E-state index in [0.717, 1.165) is 44.1 Å². The first kappa shape index (κ1) is 30.2. The molecule has 9 nitrogen and oxygen atoms in total. The number of carbonyl (C=O) groups excluding carboxylic acids is 3. The van der Waals surface area contributed by atoms with Crippen LogP contribution in [-0.4, -0.2) is 43.1 Å². The van der Waals surface area contributed by atoms with Gasteiger partial charge in [0.1, 0.15) is 11.9 Å². The SMILES string of the molecule is CC(=O)O[C@H]1C[C@@]2(C)[C@@H]3CC[C@H]4[C@H](C)C(=O)C=CC45CC35CC[C@]2(C)[C@H]1C(C)[C@@H](OC(C)=O)C1=C(CN=[N+]=[N-])C(C)CO1. The second-order valence-corrected chi connectivity index (χ2v) is 15.2. The largest absolute Gasteiger partial charge is 0.493 e. The van der Waals surface area contributed by atoms with Crippen molar-refractivity contribution >= 4 is 17.7 Å². The van der Waals surface area contributed by atoms with Crippen molar-refractivity contribution in [1.82, 2.24) is 0 Å². The molecule has 1 aliphatic heterocycles. The van der Waals surface area contributed by atoms with Crippen LogP contribution in [0.15, 0.2) is 28.6 Å². The first-order valence-corrected chi connectivity index (χ1v) is 16.2. The van der Waals surface area contributed by atoms with Crippen molar-refractivity contribution in [2.75, 3.05) is 13.2 Å². The number of rotatable bonds is 7. The van der Waals surface area contributed by atoms with Crippen molar-refractivity contribution in [3.8, 4) is 0 Å². The Kier molecular flexibility index (Phi) is 7.11. The van der Waals surface area contributed by atoms with E-state index < -0.39 is 12.1 Å². The van der Waals surface area contributed by atoms with Crippen molar-refractivity contribution in [2.24, 2.45) is 62.3 Å². The van der Waals surface area contributed by atoms with Crippen LogP contribution in [-0.2, 0) is 28.6 Å². The van der Waals surface area contributed by atoms with Crippen molar-refractivity contribution in [2.45, 2.75) is 99.2 Å². The summed E-state index contributed by atoms with van der Waals surface area (Å²) in [5.41, 5.74) is 9.88. The molecule has 6 rings (SSSR count). The lowest BCUT2D eigenvalue weighted by molar-refractivity contribution is -0.162. The molecule has 9 heteroatoms. The number of azide groups is 1. The van der Waals surface area contributed by atoms with Gasteiger partial charge in [-0.05, 0) is 89.2 Å². The fraction of sp³-hybridized carbons (Fsp3) is 0.794. The van der Waals surface area contributed by atoms with Gasteiger partial charge in [0.25, 0.3) is 0 Å². The lowest BCUT2D eigenvalue weighted by Gasteiger charge is -2.61. The Morgan fingerprint density at radius 2 is 1.91 bits per heavy atom. The number of carbonyl (C=O) groups is 3. The van der Waals surface area contributed by atoms with Crippen molar-refractivity contribution in [1.29, 1.82) is 0 Å². The van der Waals surface area contributed by atoms with Crippen LogP contribution in [0.1, 0.15) is 87.0 Å². The molecule has 0 bridgehead atoms. The van der Waals surface area contributed by atoms with Crippen LogP contribution in [0.2, 0.25) is 0 Å². The molecule has 0 radical (unpaired) electrons. The minimum atomic E-state index is -0.680. The highest BCUT2D eigenvalue weighted by Crippen LogP contribution is 2.87. The van der Waals surface area contributed by atoms with Crippen LogP contribution < -0.4 is 0 Å². The zero-order chi connectivity index (χ0) is 31.1. The number of ether oxygens (including phenoxy) is 3. The highest BCUT2D eigenvalue weighted by Gasteiger charge is 2.81. The predicted molar refractivity (Wildman–Crippen MR) is 159 cm³/mol. The van der Waals surface area contributed by atoms with Crippen molar-refractivity contribution in [3.63, 3.8) is 0 Å². The van der Waals surface area contributed by atoms with Gasteiger partial charge in [-0.3, -0.25) is 14.4 Å². The van der Waals surface area contributed by atoms with Gasteiger partial charge >= 0.3 is 11.9 Å². The highest BCUT2D eigenvalue weighted by atomic mass is 16.6. The maximum Gasteiger partial charge on any atom is 0.303 e. The third-order valence-corrected chi connectivity index (χ3v) is 13.6. The van der Waals surface area contributed by atoms with E-state index in [2.05, 4.69) is 43.8 Å². The Morgan fingerprint density at radius 1 is 1.16 bits per heavy atom. The number of ketones is 1. The lowest BCUT2D eigenvalue weighted by Crippen LogP contribution is -2.55. The standard InChI is InChI=1S/C34H47N3O6/c1-18-16-41-30(23(18)15-36-37-35)29(43-22(5)39)20(3)28-26(42-21(4)38)14-32(7)27-9-8-24-19(2)25(40)10-11-33(24)17-34(27,33)13-12-31(28,32)6/h10-11,18-20,24,26-29H,8-9,12-17H2,1-7H3/t18?,19-,20?,24-,26-,27-,28-,29+,31+,32-,33?,34?/m0/s1. The van der Waals surface area contributed by atoms with Crippen molar-refractivity contribution in [3.05, 3.63) is 33.9 Å². The number of allylic oxidation sites excluding steroid dienone is 2. The summed E-state index contributed by atoms with van der Waals surface area (Å²) >= 11 is 0. The van der Waals surface area contributed by atoms with Crippen LogP contribution in [0.3, 0.4) is 0 Å². The molecule has 1 heterocycles. The molecule has 4 unspecified atom stereocenters. The van der Waals surface area contributed by atoms with E-state index in [4.69, 9.17) is 19.7 Å². The molecule has 2 spiro atoms. The maximum atomic E-state index is 12.7. The predicted octanol–water partition coefficient (Wildman–Crippen LogP) is 6.72. The average Bonchev–Trinajstić information content (AvgIpc) is 3.38. The summed E-state index contributed by atoms with van der Waals surface area (Å²) in [6, 6.07) is 0. The Morgan fingerprint density at radius 3 is 2.58 bits per heavy atom. The number of esters is 2. The van der Waals surface area contributed by atoms with Crippen molar-refractivity contribution < 1.29 is 28.6 Å². The van der Waals surface area contributed by atoms with E-state index in [1.807, 2.05) is 13.0 Å². The first-order chi connectivity index (χ1) is 20.3. The molecular weight excluding hydrogens is 546 g/mol. The van der Waals surface area contributed by atoms with E-state index in [9.17, 15) is 14.4 Å². The van der Waals surface area contributed by atoms with Gasteiger partial charge in [-0.25, -0.2) is 0 Å². The maximum absolute atomic E-state index is 12.7. The summed E-state index contributed by atoms with van der Waals surface area (Å²) in [4.78, 5) is 40.7. The molecule has 43 heavy (non-hydrogen) atoms. The molecule has 4 saturated carbocycles. The van der Waals surface area contributed by atoms with E-state index >= 15 is 0 Å². The molecule has 0 amide bonds. The smallest absolute Gasteiger partial charge is 0.303 e. The van der Waals surface area contributed by atoms with Crippen LogP contribution >= 0.6 is 0 Å². The molecule has 0 saturated heterocycles. The molecular formula is C34H47N3O6. The Labute approximate surface area is 254 Å². The van der Waals surface area contributed by atoms with Crippen LogP contribution in [0.4, 0.5) is 0 Å².